The Bertz CT molecular complexity index is 818. The van der Waals surface area contributed by atoms with E-state index >= 15 is 0 Å². The highest BCUT2D eigenvalue weighted by Gasteiger charge is 2.49. The summed E-state index contributed by atoms with van der Waals surface area (Å²) >= 11 is 13.0. The SMILES string of the molecule is CC(NC1=C(c2c(F)cccc2Cl)C=NC2=NC=N[N+]21Cl)C(C)(C)C. The summed E-state index contributed by atoms with van der Waals surface area (Å²) in [7, 11) is 0. The van der Waals surface area contributed by atoms with E-state index in [0.717, 1.165) is 0 Å². The number of benzene rings is 1. The van der Waals surface area contributed by atoms with Crippen molar-refractivity contribution in [3.8, 4) is 0 Å². The highest BCUT2D eigenvalue weighted by molar-refractivity contribution is 6.34. The van der Waals surface area contributed by atoms with E-state index in [1.165, 1.54) is 18.6 Å². The van der Waals surface area contributed by atoms with Gasteiger partial charge in [0.1, 0.15) is 5.82 Å². The van der Waals surface area contributed by atoms with Crippen molar-refractivity contribution >= 4 is 47.5 Å². The number of fused-ring (bicyclic) bond motifs is 1. The fourth-order valence-corrected chi connectivity index (χ4v) is 2.94. The summed E-state index contributed by atoms with van der Waals surface area (Å²) in [6.45, 7) is 8.31. The van der Waals surface area contributed by atoms with Gasteiger partial charge in [0.05, 0.1) is 16.8 Å². The first-order valence-electron chi connectivity index (χ1n) is 7.85. The van der Waals surface area contributed by atoms with Gasteiger partial charge in [0.15, 0.2) is 6.34 Å². The summed E-state index contributed by atoms with van der Waals surface area (Å²) < 4.78 is 14.0. The van der Waals surface area contributed by atoms with Crippen LogP contribution >= 0.6 is 23.4 Å². The molecule has 0 aliphatic carbocycles. The molecule has 0 saturated carbocycles. The van der Waals surface area contributed by atoms with E-state index in [0.29, 0.717) is 17.4 Å². The number of nitrogens with one attached hydrogen (secondary N) is 1. The van der Waals surface area contributed by atoms with Crippen LogP contribution in [-0.4, -0.2) is 28.7 Å². The van der Waals surface area contributed by atoms with Crippen LogP contribution in [0.1, 0.15) is 33.3 Å². The molecule has 0 bridgehead atoms. The zero-order valence-electron chi connectivity index (χ0n) is 14.4. The van der Waals surface area contributed by atoms with Gasteiger partial charge >= 0.3 is 5.96 Å². The second-order valence-electron chi connectivity index (χ2n) is 7.07. The number of hydrogen-bond acceptors (Lipinski definition) is 4. The van der Waals surface area contributed by atoms with Crippen LogP contribution in [0.5, 0.6) is 0 Å². The molecule has 0 aromatic heterocycles. The minimum absolute atomic E-state index is 0.0142. The summed E-state index contributed by atoms with van der Waals surface area (Å²) in [6.07, 6.45) is 2.86. The Morgan fingerprint density at radius 2 is 2.00 bits per heavy atom. The third-order valence-corrected chi connectivity index (χ3v) is 5.12. The van der Waals surface area contributed by atoms with E-state index in [-0.39, 0.29) is 22.0 Å². The summed E-state index contributed by atoms with van der Waals surface area (Å²) in [5.41, 5.74) is 0.616. The second-order valence-corrected chi connectivity index (χ2v) is 7.96. The lowest BCUT2D eigenvalue weighted by Gasteiger charge is -2.33. The van der Waals surface area contributed by atoms with Crippen LogP contribution in [0.2, 0.25) is 5.02 Å². The molecule has 8 heteroatoms. The van der Waals surface area contributed by atoms with Crippen LogP contribution < -0.4 is 5.32 Å². The maximum Gasteiger partial charge on any atom is 0.383 e. The first-order valence-corrected chi connectivity index (χ1v) is 8.57. The molecule has 2 unspecified atom stereocenters. The Morgan fingerprint density at radius 3 is 2.64 bits per heavy atom. The van der Waals surface area contributed by atoms with Gasteiger partial charge in [-0.25, -0.2) is 4.39 Å². The Labute approximate surface area is 156 Å². The standard InChI is InChI=1S/C17H19Cl2FN5/c1-10(17(2,3)4)24-15-11(14-12(18)6-5-7-13(14)20)8-21-16-22-9-23-25(15,16)19/h5-10,24H,1-4H3/q+1. The smallest absolute Gasteiger partial charge is 0.334 e. The van der Waals surface area contributed by atoms with E-state index in [9.17, 15) is 4.39 Å². The van der Waals surface area contributed by atoms with Crippen molar-refractivity contribution in [2.24, 2.45) is 20.5 Å². The fourth-order valence-electron chi connectivity index (χ4n) is 2.41. The minimum atomic E-state index is -0.517. The summed E-state index contributed by atoms with van der Waals surface area (Å²) in [4.78, 5) is 8.33. The van der Waals surface area contributed by atoms with Gasteiger partial charge in [0.2, 0.25) is 11.8 Å². The minimum Gasteiger partial charge on any atom is -0.334 e. The van der Waals surface area contributed by atoms with Gasteiger partial charge in [0, 0.05) is 15.7 Å². The predicted molar refractivity (Wildman–Crippen MR) is 101 cm³/mol. The second kappa shape index (κ2) is 6.20. The van der Waals surface area contributed by atoms with Crippen molar-refractivity contribution in [3.63, 3.8) is 0 Å². The van der Waals surface area contributed by atoms with E-state index in [2.05, 4.69) is 41.2 Å². The number of aliphatic imine (C=N–C) groups is 2. The molecule has 2 aliphatic heterocycles. The van der Waals surface area contributed by atoms with Crippen LogP contribution in [0.15, 0.2) is 39.1 Å². The quantitative estimate of drug-likeness (QED) is 0.766. The van der Waals surface area contributed by atoms with Crippen LogP contribution in [0.4, 0.5) is 4.39 Å². The molecule has 3 rings (SSSR count). The maximum atomic E-state index is 14.5. The topological polar surface area (TPSA) is 49.1 Å². The van der Waals surface area contributed by atoms with Gasteiger partial charge in [-0.05, 0) is 29.6 Å². The Hall–Kier alpha value is -1.76. The van der Waals surface area contributed by atoms with Crippen molar-refractivity contribution in [1.82, 2.24) is 5.32 Å². The number of nitrogens with zero attached hydrogens (tertiary/aromatic N) is 4. The van der Waals surface area contributed by atoms with Crippen molar-refractivity contribution in [2.45, 2.75) is 33.7 Å². The van der Waals surface area contributed by atoms with Crippen molar-refractivity contribution in [1.29, 1.82) is 0 Å². The summed E-state index contributed by atoms with van der Waals surface area (Å²) in [5.74, 6) is 0.309. The normalized spacial score (nSPS) is 23.6. The molecule has 2 heterocycles. The van der Waals surface area contributed by atoms with E-state index in [1.54, 1.807) is 12.1 Å². The first-order chi connectivity index (χ1) is 11.6. The van der Waals surface area contributed by atoms with E-state index in [4.69, 9.17) is 23.4 Å². The van der Waals surface area contributed by atoms with Crippen LogP contribution in [0.25, 0.3) is 5.57 Å². The summed E-state index contributed by atoms with van der Waals surface area (Å²) in [6, 6.07) is 4.54. The number of halogens is 3. The zero-order valence-corrected chi connectivity index (χ0v) is 15.9. The number of quaternary nitrogens is 1. The molecule has 2 aliphatic rings. The number of rotatable bonds is 3. The number of allylic oxidation sites excluding steroid dienone is 1. The Kier molecular flexibility index (Phi) is 4.47. The molecule has 5 nitrogen and oxygen atoms in total. The van der Waals surface area contributed by atoms with Crippen LogP contribution in [-0.2, 0) is 0 Å². The van der Waals surface area contributed by atoms with Crippen LogP contribution in [0, 0.1) is 11.2 Å². The van der Waals surface area contributed by atoms with Gasteiger partial charge in [-0.2, -0.15) is 9.98 Å². The fraction of sp³-hybridized carbons (Fsp3) is 0.353. The lowest BCUT2D eigenvalue weighted by atomic mass is 9.88. The largest absolute Gasteiger partial charge is 0.383 e. The zero-order chi connectivity index (χ0) is 18.4. The molecule has 132 valence electrons. The average Bonchev–Trinajstić information content (AvgIpc) is 2.90. The lowest BCUT2D eigenvalue weighted by Crippen LogP contribution is -2.49. The summed E-state index contributed by atoms with van der Waals surface area (Å²) in [5, 5.41) is 7.87. The molecule has 1 N–H and O–H groups in total. The van der Waals surface area contributed by atoms with E-state index < -0.39 is 9.93 Å². The van der Waals surface area contributed by atoms with Gasteiger partial charge in [0.25, 0.3) is 5.82 Å². The van der Waals surface area contributed by atoms with Crippen molar-refractivity contribution < 1.29 is 8.50 Å². The molecule has 1 aromatic carbocycles. The molecule has 0 spiro atoms. The van der Waals surface area contributed by atoms with Gasteiger partial charge in [-0.1, -0.05) is 38.4 Å². The first kappa shape index (κ1) is 18.0. The van der Waals surface area contributed by atoms with Gasteiger partial charge in [-0.15, -0.1) is 0 Å². The van der Waals surface area contributed by atoms with E-state index in [1.807, 2.05) is 6.92 Å². The van der Waals surface area contributed by atoms with Crippen molar-refractivity contribution in [3.05, 3.63) is 40.4 Å². The van der Waals surface area contributed by atoms with Gasteiger partial charge in [-0.3, -0.25) is 0 Å². The monoisotopic (exact) mass is 382 g/mol. The molecule has 1 aromatic rings. The molecule has 25 heavy (non-hydrogen) atoms. The number of guanidine groups is 1. The highest BCUT2D eigenvalue weighted by Crippen LogP contribution is 2.38. The molecule has 0 radical (unpaired) electrons. The Morgan fingerprint density at radius 1 is 1.28 bits per heavy atom. The molecular formula is C17H19Cl2FN5+. The lowest BCUT2D eigenvalue weighted by molar-refractivity contribution is -0.684. The maximum absolute atomic E-state index is 14.5. The average molecular weight is 383 g/mol. The number of hydrogen-bond donors (Lipinski definition) is 1. The Balaban J connectivity index is 2.21. The highest BCUT2D eigenvalue weighted by atomic mass is 35.5. The third kappa shape index (κ3) is 3.10. The van der Waals surface area contributed by atoms with Crippen LogP contribution in [0.3, 0.4) is 0 Å². The van der Waals surface area contributed by atoms with Gasteiger partial charge < -0.3 is 5.32 Å². The molecule has 0 amide bonds. The predicted octanol–water partition coefficient (Wildman–Crippen LogP) is 4.54. The third-order valence-electron chi connectivity index (χ3n) is 4.39. The molecule has 0 saturated heterocycles. The van der Waals surface area contributed by atoms with Crippen molar-refractivity contribution in [2.75, 3.05) is 0 Å². The molecule has 0 fully saturated rings. The molecular weight excluding hydrogens is 364 g/mol. The molecule has 2 atom stereocenters.